The number of rotatable bonds is 6. The molecule has 0 unspecified atom stereocenters. The van der Waals surface area contributed by atoms with E-state index in [1.807, 2.05) is 20.8 Å². The van der Waals surface area contributed by atoms with Crippen LogP contribution in [0.2, 0.25) is 0 Å². The second-order valence-electron chi connectivity index (χ2n) is 3.92. The first-order valence-corrected chi connectivity index (χ1v) is 5.86. The number of aromatic nitrogens is 1. The molecule has 1 aromatic heterocycles. The van der Waals surface area contributed by atoms with Gasteiger partial charge in [0, 0.05) is 18.9 Å². The summed E-state index contributed by atoms with van der Waals surface area (Å²) in [7, 11) is 0. The first kappa shape index (κ1) is 12.7. The summed E-state index contributed by atoms with van der Waals surface area (Å²) in [5, 5.41) is 2.90. The largest absolute Gasteiger partial charge is 0.446 e. The van der Waals surface area contributed by atoms with Crippen molar-refractivity contribution in [3.63, 3.8) is 0 Å². The maximum absolute atomic E-state index is 11.6. The second kappa shape index (κ2) is 6.30. The Kier molecular flexibility index (Phi) is 5.02. The van der Waals surface area contributed by atoms with Gasteiger partial charge in [-0.15, -0.1) is 0 Å². The van der Waals surface area contributed by atoms with Gasteiger partial charge >= 0.3 is 0 Å². The molecule has 1 aromatic rings. The molecule has 1 amide bonds. The van der Waals surface area contributed by atoms with Gasteiger partial charge in [-0.2, -0.15) is 0 Å². The van der Waals surface area contributed by atoms with Gasteiger partial charge in [0.15, 0.2) is 5.89 Å². The number of hydrogen-bond donors (Lipinski definition) is 1. The summed E-state index contributed by atoms with van der Waals surface area (Å²) in [5.74, 6) is 1.75. The third kappa shape index (κ3) is 3.68. The van der Waals surface area contributed by atoms with Crippen molar-refractivity contribution in [2.75, 3.05) is 6.54 Å². The molecule has 4 heteroatoms. The lowest BCUT2D eigenvalue weighted by Gasteiger charge is -2.11. The Labute approximate surface area is 96.4 Å². The van der Waals surface area contributed by atoms with Crippen LogP contribution in [0.15, 0.2) is 10.6 Å². The summed E-state index contributed by atoms with van der Waals surface area (Å²) in [6, 6.07) is 0. The fraction of sp³-hybridized carbons (Fsp3) is 0.667. The van der Waals surface area contributed by atoms with Crippen LogP contribution in [0.25, 0.3) is 0 Å². The molecule has 0 aliphatic rings. The average molecular weight is 224 g/mol. The monoisotopic (exact) mass is 224 g/mol. The molecule has 1 heterocycles. The summed E-state index contributed by atoms with van der Waals surface area (Å²) in [6.07, 6.45) is 4.12. The maximum atomic E-state index is 11.6. The van der Waals surface area contributed by atoms with E-state index in [-0.39, 0.29) is 11.8 Å². The van der Waals surface area contributed by atoms with Crippen molar-refractivity contribution in [2.24, 2.45) is 5.92 Å². The molecule has 0 radical (unpaired) electrons. The van der Waals surface area contributed by atoms with E-state index in [0.717, 1.165) is 18.6 Å². The fourth-order valence-electron chi connectivity index (χ4n) is 1.61. The number of oxazole rings is 1. The van der Waals surface area contributed by atoms with E-state index in [0.29, 0.717) is 18.9 Å². The minimum atomic E-state index is 0.131. The van der Waals surface area contributed by atoms with Crippen molar-refractivity contribution < 1.29 is 9.21 Å². The number of nitrogens with zero attached hydrogens (tertiary/aromatic N) is 1. The molecule has 0 aromatic carbocycles. The smallest absolute Gasteiger partial charge is 0.223 e. The standard InChI is InChI=1S/C12H20N2O2/c1-4-10(5-2)12(15)13-7-6-11-14-8-9(3)16-11/h8,10H,4-7H2,1-3H3,(H,13,15). The number of nitrogens with one attached hydrogen (secondary N) is 1. The Morgan fingerprint density at radius 1 is 1.50 bits per heavy atom. The molecular weight excluding hydrogens is 204 g/mol. The number of aryl methyl sites for hydroxylation is 1. The summed E-state index contributed by atoms with van der Waals surface area (Å²) < 4.78 is 5.32. The molecule has 4 nitrogen and oxygen atoms in total. The lowest BCUT2D eigenvalue weighted by Crippen LogP contribution is -2.31. The lowest BCUT2D eigenvalue weighted by atomic mass is 10.0. The maximum Gasteiger partial charge on any atom is 0.223 e. The molecule has 0 saturated heterocycles. The highest BCUT2D eigenvalue weighted by Crippen LogP contribution is 2.07. The van der Waals surface area contributed by atoms with E-state index < -0.39 is 0 Å². The van der Waals surface area contributed by atoms with E-state index in [1.165, 1.54) is 0 Å². The Hall–Kier alpha value is -1.32. The molecule has 1 rings (SSSR count). The molecule has 0 aliphatic carbocycles. The quantitative estimate of drug-likeness (QED) is 0.804. The van der Waals surface area contributed by atoms with Crippen LogP contribution in [0.5, 0.6) is 0 Å². The van der Waals surface area contributed by atoms with Gasteiger partial charge in [-0.1, -0.05) is 13.8 Å². The second-order valence-corrected chi connectivity index (χ2v) is 3.92. The van der Waals surface area contributed by atoms with Gasteiger partial charge in [-0.25, -0.2) is 4.98 Å². The first-order valence-electron chi connectivity index (χ1n) is 5.86. The van der Waals surface area contributed by atoms with Gasteiger partial charge in [0.05, 0.1) is 6.20 Å². The Balaban J connectivity index is 2.27. The van der Waals surface area contributed by atoms with Crippen LogP contribution < -0.4 is 5.32 Å². The van der Waals surface area contributed by atoms with Gasteiger partial charge in [0.2, 0.25) is 5.91 Å². The molecule has 0 bridgehead atoms. The van der Waals surface area contributed by atoms with Gasteiger partial charge in [0.25, 0.3) is 0 Å². The first-order chi connectivity index (χ1) is 7.67. The van der Waals surface area contributed by atoms with Crippen LogP contribution in [0.1, 0.15) is 38.3 Å². The van der Waals surface area contributed by atoms with Crippen LogP contribution in [0, 0.1) is 12.8 Å². The van der Waals surface area contributed by atoms with E-state index in [2.05, 4.69) is 10.3 Å². The highest BCUT2D eigenvalue weighted by atomic mass is 16.4. The molecule has 0 fully saturated rings. The van der Waals surface area contributed by atoms with Crippen molar-refractivity contribution in [1.29, 1.82) is 0 Å². The van der Waals surface area contributed by atoms with Crippen molar-refractivity contribution in [3.8, 4) is 0 Å². The van der Waals surface area contributed by atoms with E-state index in [9.17, 15) is 4.79 Å². The van der Waals surface area contributed by atoms with Crippen LogP contribution in [-0.4, -0.2) is 17.4 Å². The van der Waals surface area contributed by atoms with E-state index in [4.69, 9.17) is 4.42 Å². The summed E-state index contributed by atoms with van der Waals surface area (Å²) in [4.78, 5) is 15.7. The molecule has 0 saturated carbocycles. The topological polar surface area (TPSA) is 55.1 Å². The number of carbonyl (C=O) groups is 1. The van der Waals surface area contributed by atoms with Crippen LogP contribution in [0.4, 0.5) is 0 Å². The molecule has 0 spiro atoms. The summed E-state index contributed by atoms with van der Waals surface area (Å²) in [6.45, 7) is 6.52. The normalized spacial score (nSPS) is 10.8. The highest BCUT2D eigenvalue weighted by Gasteiger charge is 2.13. The Morgan fingerprint density at radius 2 is 2.19 bits per heavy atom. The number of hydrogen-bond acceptors (Lipinski definition) is 3. The highest BCUT2D eigenvalue weighted by molar-refractivity contribution is 5.78. The lowest BCUT2D eigenvalue weighted by molar-refractivity contribution is -0.125. The molecular formula is C12H20N2O2. The van der Waals surface area contributed by atoms with E-state index >= 15 is 0 Å². The number of carbonyl (C=O) groups excluding carboxylic acids is 1. The van der Waals surface area contributed by atoms with Crippen LogP contribution >= 0.6 is 0 Å². The SMILES string of the molecule is CCC(CC)C(=O)NCCc1ncc(C)o1. The average Bonchev–Trinajstić information content (AvgIpc) is 2.66. The summed E-state index contributed by atoms with van der Waals surface area (Å²) >= 11 is 0. The van der Waals surface area contributed by atoms with Gasteiger partial charge in [-0.05, 0) is 19.8 Å². The van der Waals surface area contributed by atoms with Gasteiger partial charge < -0.3 is 9.73 Å². The Morgan fingerprint density at radius 3 is 2.69 bits per heavy atom. The molecule has 0 aliphatic heterocycles. The van der Waals surface area contributed by atoms with Crippen LogP contribution in [0.3, 0.4) is 0 Å². The zero-order chi connectivity index (χ0) is 12.0. The fourth-order valence-corrected chi connectivity index (χ4v) is 1.61. The molecule has 1 N–H and O–H groups in total. The number of amides is 1. The van der Waals surface area contributed by atoms with Crippen molar-refractivity contribution in [3.05, 3.63) is 17.8 Å². The predicted octanol–water partition coefficient (Wildman–Crippen LogP) is 2.08. The molecule has 90 valence electrons. The molecule has 0 atom stereocenters. The van der Waals surface area contributed by atoms with E-state index in [1.54, 1.807) is 6.20 Å². The predicted molar refractivity (Wildman–Crippen MR) is 62.0 cm³/mol. The van der Waals surface area contributed by atoms with Crippen LogP contribution in [-0.2, 0) is 11.2 Å². The summed E-state index contributed by atoms with van der Waals surface area (Å²) in [5.41, 5.74) is 0. The van der Waals surface area contributed by atoms with Gasteiger partial charge in [-0.3, -0.25) is 4.79 Å². The minimum absolute atomic E-state index is 0.131. The zero-order valence-corrected chi connectivity index (χ0v) is 10.2. The minimum Gasteiger partial charge on any atom is -0.446 e. The third-order valence-electron chi connectivity index (χ3n) is 2.66. The van der Waals surface area contributed by atoms with Crippen molar-refractivity contribution in [1.82, 2.24) is 10.3 Å². The third-order valence-corrected chi connectivity index (χ3v) is 2.66. The molecule has 16 heavy (non-hydrogen) atoms. The van der Waals surface area contributed by atoms with Gasteiger partial charge in [0.1, 0.15) is 5.76 Å². The zero-order valence-electron chi connectivity index (χ0n) is 10.2. The van der Waals surface area contributed by atoms with Crippen molar-refractivity contribution >= 4 is 5.91 Å². The Bertz CT molecular complexity index is 330. The van der Waals surface area contributed by atoms with Crippen molar-refractivity contribution in [2.45, 2.75) is 40.0 Å².